The minimum Gasteiger partial charge on any atom is -0.461 e. The van der Waals surface area contributed by atoms with Crippen molar-refractivity contribution in [3.05, 3.63) is 16.1 Å². The first kappa shape index (κ1) is 12.8. The van der Waals surface area contributed by atoms with E-state index in [4.69, 9.17) is 4.74 Å². The predicted octanol–water partition coefficient (Wildman–Crippen LogP) is 3.79. The van der Waals surface area contributed by atoms with Crippen LogP contribution in [0, 0.1) is 17.8 Å². The first-order chi connectivity index (χ1) is 9.68. The van der Waals surface area contributed by atoms with E-state index >= 15 is 0 Å². The molecular weight excluding hydrogens is 270 g/mol. The number of ether oxygens (including phenoxy) is 1. The molecule has 1 aromatic heterocycles. The zero-order valence-corrected chi connectivity index (χ0v) is 12.7. The molecule has 0 atom stereocenters. The molecule has 0 aromatic carbocycles. The third-order valence-electron chi connectivity index (χ3n) is 5.54. The van der Waals surface area contributed by atoms with Crippen LogP contribution in [0.15, 0.2) is 5.38 Å². The quantitative estimate of drug-likeness (QED) is 0.795. The largest absolute Gasteiger partial charge is 0.461 e. The second kappa shape index (κ2) is 4.55. The molecule has 1 heterocycles. The van der Waals surface area contributed by atoms with Crippen LogP contribution in [0.3, 0.4) is 0 Å². The van der Waals surface area contributed by atoms with Gasteiger partial charge in [-0.05, 0) is 63.2 Å². The Morgan fingerprint density at radius 3 is 2.45 bits per heavy atom. The third kappa shape index (κ3) is 1.92. The predicted molar refractivity (Wildman–Crippen MR) is 77.9 cm³/mol. The molecule has 5 rings (SSSR count). The van der Waals surface area contributed by atoms with E-state index in [1.807, 2.05) is 6.92 Å². The van der Waals surface area contributed by atoms with Gasteiger partial charge in [-0.2, -0.15) is 0 Å². The molecule has 108 valence electrons. The van der Waals surface area contributed by atoms with Gasteiger partial charge in [-0.15, -0.1) is 11.3 Å². The van der Waals surface area contributed by atoms with E-state index in [1.165, 1.54) is 55.6 Å². The highest BCUT2D eigenvalue weighted by molar-refractivity contribution is 7.11. The number of carbonyl (C=O) groups excluding carboxylic acids is 1. The van der Waals surface area contributed by atoms with Gasteiger partial charge in [-0.3, -0.25) is 0 Å². The summed E-state index contributed by atoms with van der Waals surface area (Å²) in [6, 6.07) is 0. The van der Waals surface area contributed by atoms with Crippen molar-refractivity contribution < 1.29 is 9.53 Å². The summed E-state index contributed by atoms with van der Waals surface area (Å²) < 4.78 is 5.07. The third-order valence-corrected chi connectivity index (χ3v) is 6.36. The van der Waals surface area contributed by atoms with Gasteiger partial charge in [0.05, 0.1) is 12.3 Å². The normalized spacial score (nSPS) is 38.1. The smallest absolute Gasteiger partial charge is 0.367 e. The number of aromatic nitrogens is 1. The van der Waals surface area contributed by atoms with Crippen molar-refractivity contribution in [1.82, 2.24) is 4.98 Å². The van der Waals surface area contributed by atoms with Crippen LogP contribution < -0.4 is 0 Å². The summed E-state index contributed by atoms with van der Waals surface area (Å²) in [5.74, 6) is 2.48. The summed E-state index contributed by atoms with van der Waals surface area (Å²) in [6.45, 7) is 2.26. The standard InChI is InChI=1S/C16H21NO2S/c1-2-19-15(18)14-17-13(9-20-14)16-6-10-3-11(7-16)5-12(4-10)8-16/h9-12H,2-8H2,1H3. The van der Waals surface area contributed by atoms with Gasteiger partial charge in [0.25, 0.3) is 0 Å². The Morgan fingerprint density at radius 1 is 1.30 bits per heavy atom. The Kier molecular flexibility index (Phi) is 2.92. The maximum atomic E-state index is 11.8. The molecule has 4 bridgehead atoms. The molecule has 4 aliphatic carbocycles. The number of hydrogen-bond donors (Lipinski definition) is 0. The Morgan fingerprint density at radius 2 is 1.90 bits per heavy atom. The summed E-state index contributed by atoms with van der Waals surface area (Å²) in [5.41, 5.74) is 1.47. The maximum absolute atomic E-state index is 11.8. The fourth-order valence-electron chi connectivity index (χ4n) is 5.23. The number of nitrogens with zero attached hydrogens (tertiary/aromatic N) is 1. The molecule has 0 N–H and O–H groups in total. The van der Waals surface area contributed by atoms with Crippen LogP contribution in [-0.4, -0.2) is 17.6 Å². The average Bonchev–Trinajstić information content (AvgIpc) is 2.87. The second-order valence-corrected chi connectivity index (χ2v) is 7.81. The maximum Gasteiger partial charge on any atom is 0.367 e. The van der Waals surface area contributed by atoms with Crippen molar-refractivity contribution in [2.75, 3.05) is 6.61 Å². The fraction of sp³-hybridized carbons (Fsp3) is 0.750. The van der Waals surface area contributed by atoms with Crippen LogP contribution in [0.1, 0.15) is 60.9 Å². The van der Waals surface area contributed by atoms with E-state index in [0.717, 1.165) is 17.8 Å². The van der Waals surface area contributed by atoms with Gasteiger partial charge in [0.2, 0.25) is 5.01 Å². The van der Waals surface area contributed by atoms with Gasteiger partial charge < -0.3 is 4.74 Å². The monoisotopic (exact) mass is 291 g/mol. The highest BCUT2D eigenvalue weighted by Crippen LogP contribution is 2.60. The highest BCUT2D eigenvalue weighted by Gasteiger charge is 2.52. The van der Waals surface area contributed by atoms with E-state index in [1.54, 1.807) is 0 Å². The Bertz CT molecular complexity index is 501. The molecule has 3 nitrogen and oxygen atoms in total. The van der Waals surface area contributed by atoms with Crippen molar-refractivity contribution >= 4 is 17.3 Å². The lowest BCUT2D eigenvalue weighted by Crippen LogP contribution is -2.48. The first-order valence-electron chi connectivity index (χ1n) is 7.81. The Balaban J connectivity index is 1.62. The molecule has 4 heteroatoms. The van der Waals surface area contributed by atoms with Gasteiger partial charge in [0.15, 0.2) is 0 Å². The number of carbonyl (C=O) groups is 1. The van der Waals surface area contributed by atoms with Gasteiger partial charge in [-0.25, -0.2) is 9.78 Å². The lowest BCUT2D eigenvalue weighted by Gasteiger charge is -2.56. The van der Waals surface area contributed by atoms with Crippen LogP contribution in [0.25, 0.3) is 0 Å². The summed E-state index contributed by atoms with van der Waals surface area (Å²) in [5, 5.41) is 2.66. The van der Waals surface area contributed by atoms with Crippen molar-refractivity contribution in [3.8, 4) is 0 Å². The second-order valence-electron chi connectivity index (χ2n) is 6.96. The van der Waals surface area contributed by atoms with Crippen molar-refractivity contribution in [2.24, 2.45) is 17.8 Å². The molecule has 0 saturated heterocycles. The van der Waals surface area contributed by atoms with Crippen molar-refractivity contribution in [2.45, 2.75) is 50.9 Å². The number of esters is 1. The van der Waals surface area contributed by atoms with Gasteiger partial charge in [0.1, 0.15) is 0 Å². The first-order valence-corrected chi connectivity index (χ1v) is 8.69. The topological polar surface area (TPSA) is 39.2 Å². The Hall–Kier alpha value is -0.900. The zero-order valence-electron chi connectivity index (χ0n) is 11.9. The molecule has 4 saturated carbocycles. The van der Waals surface area contributed by atoms with E-state index in [9.17, 15) is 4.79 Å². The molecule has 0 amide bonds. The van der Waals surface area contributed by atoms with Crippen molar-refractivity contribution in [1.29, 1.82) is 0 Å². The van der Waals surface area contributed by atoms with Gasteiger partial charge in [0, 0.05) is 10.8 Å². The molecule has 4 fully saturated rings. The van der Waals surface area contributed by atoms with Gasteiger partial charge >= 0.3 is 5.97 Å². The Labute approximate surface area is 123 Å². The SMILES string of the molecule is CCOC(=O)c1nc(C23CC4CC(CC(C4)C2)C3)cs1. The summed E-state index contributed by atoms with van der Waals surface area (Å²) in [7, 11) is 0. The van der Waals surface area contributed by atoms with Crippen LogP contribution in [0.4, 0.5) is 0 Å². The van der Waals surface area contributed by atoms with E-state index in [0.29, 0.717) is 11.6 Å². The fourth-order valence-corrected chi connectivity index (χ4v) is 6.06. The highest BCUT2D eigenvalue weighted by atomic mass is 32.1. The van der Waals surface area contributed by atoms with E-state index in [-0.39, 0.29) is 11.4 Å². The minimum absolute atomic E-state index is 0.256. The van der Waals surface area contributed by atoms with Crippen LogP contribution >= 0.6 is 11.3 Å². The number of thiazole rings is 1. The summed E-state index contributed by atoms with van der Waals surface area (Å²) in [6.07, 6.45) is 8.21. The lowest BCUT2D eigenvalue weighted by atomic mass is 9.49. The molecule has 1 aromatic rings. The van der Waals surface area contributed by atoms with Crippen molar-refractivity contribution in [3.63, 3.8) is 0 Å². The molecule has 0 unspecified atom stereocenters. The number of hydrogen-bond acceptors (Lipinski definition) is 4. The molecule has 0 radical (unpaired) electrons. The number of rotatable bonds is 3. The van der Waals surface area contributed by atoms with Crippen LogP contribution in [-0.2, 0) is 10.2 Å². The molecule has 4 aliphatic rings. The molecule has 0 spiro atoms. The van der Waals surface area contributed by atoms with E-state index < -0.39 is 0 Å². The van der Waals surface area contributed by atoms with Crippen LogP contribution in [0.5, 0.6) is 0 Å². The zero-order chi connectivity index (χ0) is 13.7. The molecular formula is C16H21NO2S. The summed E-state index contributed by atoms with van der Waals surface area (Å²) in [4.78, 5) is 16.5. The van der Waals surface area contributed by atoms with Crippen LogP contribution in [0.2, 0.25) is 0 Å². The van der Waals surface area contributed by atoms with E-state index in [2.05, 4.69) is 10.4 Å². The average molecular weight is 291 g/mol. The minimum atomic E-state index is -0.256. The molecule has 0 aliphatic heterocycles. The van der Waals surface area contributed by atoms with Gasteiger partial charge in [-0.1, -0.05) is 0 Å². The lowest BCUT2D eigenvalue weighted by molar-refractivity contribution is -0.00700. The molecule has 20 heavy (non-hydrogen) atoms. The summed E-state index contributed by atoms with van der Waals surface area (Å²) >= 11 is 1.46.